The largest absolute Gasteiger partial charge is 0.454 e. The van der Waals surface area contributed by atoms with Crippen LogP contribution in [0.25, 0.3) is 5.57 Å². The Kier molecular flexibility index (Phi) is 2.94. The summed E-state index contributed by atoms with van der Waals surface area (Å²) in [6, 6.07) is 9.42. The zero-order chi connectivity index (χ0) is 13.1. The number of carbonyl (C=O) groups is 1. The summed E-state index contributed by atoms with van der Waals surface area (Å²) < 4.78 is 5.59. The van der Waals surface area contributed by atoms with Crippen LogP contribution in [0.2, 0.25) is 0 Å². The zero-order valence-corrected chi connectivity index (χ0v) is 10.0. The highest BCUT2D eigenvalue weighted by Gasteiger charge is 2.14. The van der Waals surface area contributed by atoms with Crippen molar-refractivity contribution in [2.45, 2.75) is 0 Å². The van der Waals surface area contributed by atoms with Crippen molar-refractivity contribution in [2.24, 2.45) is 0 Å². The van der Waals surface area contributed by atoms with Crippen LogP contribution in [0.15, 0.2) is 48.8 Å². The lowest BCUT2D eigenvalue weighted by atomic mass is 10.2. The number of ether oxygens (including phenoxy) is 1. The van der Waals surface area contributed by atoms with E-state index in [4.69, 9.17) is 4.74 Å². The lowest BCUT2D eigenvalue weighted by Crippen LogP contribution is -2.15. The van der Waals surface area contributed by atoms with Gasteiger partial charge in [0.1, 0.15) is 5.75 Å². The first-order valence-corrected chi connectivity index (χ1v) is 5.85. The number of nitrogens with zero attached hydrogens (tertiary/aromatic N) is 2. The summed E-state index contributed by atoms with van der Waals surface area (Å²) in [5.41, 5.74) is 0.788. The number of amides is 1. The smallest absolute Gasteiger partial charge is 0.244 e. The number of carbonyl (C=O) groups excluding carboxylic acids is 1. The predicted octanol–water partition coefficient (Wildman–Crippen LogP) is 1.78. The summed E-state index contributed by atoms with van der Waals surface area (Å²) in [5, 5.41) is 2.68. The first kappa shape index (κ1) is 11.4. The maximum Gasteiger partial charge on any atom is 0.244 e. The van der Waals surface area contributed by atoms with Crippen molar-refractivity contribution < 1.29 is 9.53 Å². The van der Waals surface area contributed by atoms with Crippen LogP contribution in [-0.2, 0) is 4.79 Å². The van der Waals surface area contributed by atoms with Crippen LogP contribution in [-0.4, -0.2) is 22.4 Å². The molecule has 0 atom stereocenters. The van der Waals surface area contributed by atoms with Gasteiger partial charge in [0.05, 0.1) is 12.4 Å². The van der Waals surface area contributed by atoms with Crippen molar-refractivity contribution in [1.82, 2.24) is 15.3 Å². The molecule has 5 heteroatoms. The normalized spacial score (nSPS) is 13.9. The van der Waals surface area contributed by atoms with E-state index in [1.165, 1.54) is 6.08 Å². The predicted molar refractivity (Wildman–Crippen MR) is 69.5 cm³/mol. The van der Waals surface area contributed by atoms with Gasteiger partial charge in [0.15, 0.2) is 11.6 Å². The summed E-state index contributed by atoms with van der Waals surface area (Å²) in [4.78, 5) is 19.5. The van der Waals surface area contributed by atoms with Gasteiger partial charge in [0, 0.05) is 18.2 Å². The molecule has 1 aromatic carbocycles. The fourth-order valence-electron chi connectivity index (χ4n) is 1.75. The Morgan fingerprint density at radius 2 is 1.79 bits per heavy atom. The minimum absolute atomic E-state index is 0.108. The fraction of sp³-hybridized carbons (Fsp3) is 0.0714. The Bertz CT molecular complexity index is 621. The Labute approximate surface area is 110 Å². The van der Waals surface area contributed by atoms with Crippen molar-refractivity contribution in [1.29, 1.82) is 0 Å². The van der Waals surface area contributed by atoms with Gasteiger partial charge in [-0.1, -0.05) is 18.2 Å². The van der Waals surface area contributed by atoms with E-state index in [0.717, 1.165) is 11.3 Å². The van der Waals surface area contributed by atoms with Gasteiger partial charge in [-0.3, -0.25) is 4.79 Å². The van der Waals surface area contributed by atoms with E-state index in [1.807, 2.05) is 30.3 Å². The van der Waals surface area contributed by atoms with Gasteiger partial charge in [-0.25, -0.2) is 9.97 Å². The van der Waals surface area contributed by atoms with Crippen LogP contribution in [0.5, 0.6) is 11.5 Å². The van der Waals surface area contributed by atoms with Gasteiger partial charge < -0.3 is 10.1 Å². The number of aromatic nitrogens is 2. The molecule has 2 aromatic rings. The number of benzene rings is 1. The zero-order valence-electron chi connectivity index (χ0n) is 10.0. The van der Waals surface area contributed by atoms with Gasteiger partial charge in [-0.2, -0.15) is 0 Å². The molecule has 0 fully saturated rings. The van der Waals surface area contributed by atoms with Crippen LogP contribution in [0.3, 0.4) is 0 Å². The Hall–Kier alpha value is -2.69. The molecule has 94 valence electrons. The highest BCUT2D eigenvalue weighted by atomic mass is 16.5. The third kappa shape index (κ3) is 2.60. The molecule has 1 N–H and O–H groups in total. The Balaban J connectivity index is 1.76. The third-order valence-electron chi connectivity index (χ3n) is 2.65. The van der Waals surface area contributed by atoms with Crippen molar-refractivity contribution in [3.63, 3.8) is 0 Å². The van der Waals surface area contributed by atoms with E-state index < -0.39 is 0 Å². The van der Waals surface area contributed by atoms with E-state index in [9.17, 15) is 4.79 Å². The topological polar surface area (TPSA) is 64.1 Å². The van der Waals surface area contributed by atoms with E-state index in [-0.39, 0.29) is 5.91 Å². The first-order chi connectivity index (χ1) is 9.31. The van der Waals surface area contributed by atoms with Gasteiger partial charge in [0.2, 0.25) is 5.91 Å². The summed E-state index contributed by atoms with van der Waals surface area (Å²) in [6.07, 6.45) is 4.70. The molecule has 0 bridgehead atoms. The SMILES string of the molecule is O=C1C=C(c2ncc(Oc3ccccc3)cn2)CN1. The second-order valence-corrected chi connectivity index (χ2v) is 4.04. The Morgan fingerprint density at radius 3 is 2.42 bits per heavy atom. The minimum atomic E-state index is -0.108. The second kappa shape index (κ2) is 4.89. The molecule has 0 aliphatic carbocycles. The van der Waals surface area contributed by atoms with Crippen LogP contribution in [0.1, 0.15) is 5.82 Å². The number of rotatable bonds is 3. The molecule has 1 aliphatic heterocycles. The quantitative estimate of drug-likeness (QED) is 0.905. The van der Waals surface area contributed by atoms with Crippen LogP contribution in [0.4, 0.5) is 0 Å². The third-order valence-corrected chi connectivity index (χ3v) is 2.65. The molecule has 0 saturated heterocycles. The molecule has 3 rings (SSSR count). The fourth-order valence-corrected chi connectivity index (χ4v) is 1.75. The Morgan fingerprint density at radius 1 is 1.05 bits per heavy atom. The maximum atomic E-state index is 11.1. The highest BCUT2D eigenvalue weighted by Crippen LogP contribution is 2.20. The summed E-state index contributed by atoms with van der Waals surface area (Å²) in [7, 11) is 0. The standard InChI is InChI=1S/C14H11N3O2/c18-13-6-10(7-15-13)14-16-8-12(9-17-14)19-11-4-2-1-3-5-11/h1-6,8-9H,7H2,(H,15,18). The van der Waals surface area contributed by atoms with Gasteiger partial charge in [0.25, 0.3) is 0 Å². The summed E-state index contributed by atoms with van der Waals surface area (Å²) in [6.45, 7) is 0.470. The molecule has 1 aliphatic rings. The van der Waals surface area contributed by atoms with E-state index >= 15 is 0 Å². The van der Waals surface area contributed by atoms with Crippen LogP contribution >= 0.6 is 0 Å². The lowest BCUT2D eigenvalue weighted by Gasteiger charge is -2.05. The van der Waals surface area contributed by atoms with Gasteiger partial charge in [-0.15, -0.1) is 0 Å². The van der Waals surface area contributed by atoms with E-state index in [1.54, 1.807) is 12.4 Å². The lowest BCUT2D eigenvalue weighted by molar-refractivity contribution is -0.115. The molecule has 0 unspecified atom stereocenters. The molecule has 0 radical (unpaired) electrons. The van der Waals surface area contributed by atoms with Crippen molar-refractivity contribution in [3.05, 3.63) is 54.6 Å². The molecule has 5 nitrogen and oxygen atoms in total. The number of nitrogens with one attached hydrogen (secondary N) is 1. The molecule has 19 heavy (non-hydrogen) atoms. The average Bonchev–Trinajstić information content (AvgIpc) is 2.87. The van der Waals surface area contributed by atoms with E-state index in [0.29, 0.717) is 18.1 Å². The molecule has 2 heterocycles. The van der Waals surface area contributed by atoms with E-state index in [2.05, 4.69) is 15.3 Å². The molecule has 0 saturated carbocycles. The minimum Gasteiger partial charge on any atom is -0.454 e. The summed E-state index contributed by atoms with van der Waals surface area (Å²) in [5.74, 6) is 1.73. The van der Waals surface area contributed by atoms with Crippen molar-refractivity contribution in [3.8, 4) is 11.5 Å². The number of hydrogen-bond acceptors (Lipinski definition) is 4. The molecule has 1 aromatic heterocycles. The second-order valence-electron chi connectivity index (χ2n) is 4.04. The van der Waals surface area contributed by atoms with Gasteiger partial charge >= 0.3 is 0 Å². The van der Waals surface area contributed by atoms with Gasteiger partial charge in [-0.05, 0) is 12.1 Å². The summed E-state index contributed by atoms with van der Waals surface area (Å²) >= 11 is 0. The maximum absolute atomic E-state index is 11.1. The average molecular weight is 253 g/mol. The van der Waals surface area contributed by atoms with Crippen molar-refractivity contribution in [2.75, 3.05) is 6.54 Å². The number of para-hydroxylation sites is 1. The molecule has 1 amide bonds. The molecular weight excluding hydrogens is 242 g/mol. The monoisotopic (exact) mass is 253 g/mol. The van der Waals surface area contributed by atoms with Crippen LogP contribution in [0, 0.1) is 0 Å². The molecular formula is C14H11N3O2. The van der Waals surface area contributed by atoms with Crippen molar-refractivity contribution >= 4 is 11.5 Å². The molecule has 0 spiro atoms. The van der Waals surface area contributed by atoms with Crippen LogP contribution < -0.4 is 10.1 Å². The first-order valence-electron chi connectivity index (χ1n) is 5.85. The number of hydrogen-bond donors (Lipinski definition) is 1. The highest BCUT2D eigenvalue weighted by molar-refractivity contribution is 5.99.